The molecule has 1 N–H and O–H groups in total. The molecule has 12 heteroatoms. The third kappa shape index (κ3) is 5.94. The quantitative estimate of drug-likeness (QED) is 0.134. The van der Waals surface area contributed by atoms with E-state index in [-0.39, 0.29) is 13.2 Å². The highest BCUT2D eigenvalue weighted by Gasteiger charge is 2.52. The minimum atomic E-state index is -2.13. The maximum absolute atomic E-state index is 9.25. The molecule has 0 spiro atoms. The minimum Gasteiger partial charge on any atom is -0.448 e. The van der Waals surface area contributed by atoms with Crippen molar-refractivity contribution in [2.75, 3.05) is 6.61 Å². The Morgan fingerprint density at radius 3 is 2.41 bits per heavy atom. The second kappa shape index (κ2) is 11.1. The zero-order valence-electron chi connectivity index (χ0n) is 17.7. The van der Waals surface area contributed by atoms with Gasteiger partial charge in [-0.25, -0.2) is 0 Å². The highest BCUT2D eigenvalue weighted by molar-refractivity contribution is 6.76. The highest BCUT2D eigenvalue weighted by atomic mass is 35.6. The van der Waals surface area contributed by atoms with Gasteiger partial charge >= 0.3 is 0 Å². The number of nitrogens with one attached hydrogen (secondary N) is 1. The van der Waals surface area contributed by atoms with Crippen LogP contribution in [0.1, 0.15) is 17.4 Å². The van der Waals surface area contributed by atoms with E-state index in [1.165, 1.54) is 0 Å². The van der Waals surface area contributed by atoms with Gasteiger partial charge < -0.3 is 23.7 Å². The maximum Gasteiger partial charge on any atom is 0.265 e. The molecule has 1 unspecified atom stereocenters. The molecule has 0 bridgehead atoms. The SMILES string of the molecule is [N-]=[N+]=N[C@H]1[C@@H](OC(=N)C(Cl)(Cl)Cl)O[C@@H]2COC(c3ccccc3)O[C@H]2[C@@H]1OCc1ccccc1. The van der Waals surface area contributed by atoms with Crippen LogP contribution in [0.25, 0.3) is 10.4 Å². The van der Waals surface area contributed by atoms with Gasteiger partial charge in [0.25, 0.3) is 3.79 Å². The topological polar surface area (TPSA) is 119 Å². The van der Waals surface area contributed by atoms with Crippen molar-refractivity contribution >= 4 is 40.7 Å². The van der Waals surface area contributed by atoms with Crippen LogP contribution in [0.5, 0.6) is 0 Å². The summed E-state index contributed by atoms with van der Waals surface area (Å²) in [5.41, 5.74) is 11.0. The summed E-state index contributed by atoms with van der Waals surface area (Å²) in [6.45, 7) is 0.348. The molecule has 0 radical (unpaired) electrons. The van der Waals surface area contributed by atoms with Crippen LogP contribution in [0.3, 0.4) is 0 Å². The summed E-state index contributed by atoms with van der Waals surface area (Å²) >= 11 is 17.3. The lowest BCUT2D eigenvalue weighted by atomic mass is 9.96. The summed E-state index contributed by atoms with van der Waals surface area (Å²) in [5, 5.41) is 11.8. The van der Waals surface area contributed by atoms with Gasteiger partial charge in [0.15, 0.2) is 6.29 Å². The first kappa shape index (κ1) is 25.0. The Kier molecular flexibility index (Phi) is 8.18. The third-order valence-electron chi connectivity index (χ3n) is 5.34. The van der Waals surface area contributed by atoms with Gasteiger partial charge in [-0.1, -0.05) is 101 Å². The normalized spacial score (nSPS) is 28.9. The molecular formula is C22H21Cl3N4O5. The first-order valence-corrected chi connectivity index (χ1v) is 11.5. The van der Waals surface area contributed by atoms with Gasteiger partial charge in [0, 0.05) is 10.5 Å². The lowest BCUT2D eigenvalue weighted by Crippen LogP contribution is -2.62. The lowest BCUT2D eigenvalue weighted by molar-refractivity contribution is -0.339. The van der Waals surface area contributed by atoms with Crippen LogP contribution in [0, 0.1) is 5.41 Å². The van der Waals surface area contributed by atoms with Gasteiger partial charge in [0.1, 0.15) is 24.4 Å². The third-order valence-corrected chi connectivity index (χ3v) is 5.86. The van der Waals surface area contributed by atoms with Crippen LogP contribution in [0.2, 0.25) is 0 Å². The van der Waals surface area contributed by atoms with Gasteiger partial charge in [0.2, 0.25) is 12.2 Å². The van der Waals surface area contributed by atoms with E-state index in [1.807, 2.05) is 60.7 Å². The van der Waals surface area contributed by atoms with Gasteiger partial charge in [-0.15, -0.1) is 0 Å². The van der Waals surface area contributed by atoms with Crippen molar-refractivity contribution < 1.29 is 23.7 Å². The molecule has 2 aromatic rings. The second-order valence-electron chi connectivity index (χ2n) is 7.62. The zero-order valence-corrected chi connectivity index (χ0v) is 19.9. The number of benzene rings is 2. The van der Waals surface area contributed by atoms with Crippen LogP contribution in [0.15, 0.2) is 65.8 Å². The van der Waals surface area contributed by atoms with Crippen molar-refractivity contribution in [2.24, 2.45) is 5.11 Å². The summed E-state index contributed by atoms with van der Waals surface area (Å²) in [6.07, 6.45) is -4.06. The van der Waals surface area contributed by atoms with Crippen LogP contribution in [-0.4, -0.2) is 46.9 Å². The summed E-state index contributed by atoms with van der Waals surface area (Å²) in [5.74, 6) is -0.680. The van der Waals surface area contributed by atoms with Crippen LogP contribution >= 0.6 is 34.8 Å². The number of ether oxygens (including phenoxy) is 5. The Morgan fingerprint density at radius 2 is 1.76 bits per heavy atom. The average Bonchev–Trinajstić information content (AvgIpc) is 2.84. The molecule has 2 aliphatic heterocycles. The number of azide groups is 1. The highest BCUT2D eigenvalue weighted by Crippen LogP contribution is 2.38. The molecule has 2 saturated heterocycles. The Labute approximate surface area is 210 Å². The van der Waals surface area contributed by atoms with Crippen LogP contribution in [0.4, 0.5) is 0 Å². The zero-order chi connectivity index (χ0) is 24.1. The summed E-state index contributed by atoms with van der Waals surface area (Å²) in [4.78, 5) is 2.93. The minimum absolute atomic E-state index is 0.138. The van der Waals surface area contributed by atoms with Crippen LogP contribution in [-0.2, 0) is 30.3 Å². The number of rotatable bonds is 6. The number of fused-ring (bicyclic) bond motifs is 1. The second-order valence-corrected chi connectivity index (χ2v) is 9.90. The van der Waals surface area contributed by atoms with Crippen molar-refractivity contribution in [3.8, 4) is 0 Å². The Bertz CT molecular complexity index is 1020. The Balaban J connectivity index is 1.61. The molecule has 2 aliphatic rings. The van der Waals surface area contributed by atoms with E-state index in [1.54, 1.807) is 0 Å². The van der Waals surface area contributed by atoms with Crippen LogP contribution < -0.4 is 0 Å². The number of alkyl halides is 3. The monoisotopic (exact) mass is 526 g/mol. The Morgan fingerprint density at radius 1 is 1.09 bits per heavy atom. The maximum atomic E-state index is 9.25. The largest absolute Gasteiger partial charge is 0.448 e. The summed E-state index contributed by atoms with van der Waals surface area (Å²) < 4.78 is 27.6. The summed E-state index contributed by atoms with van der Waals surface area (Å²) in [6, 6.07) is 17.9. The molecule has 0 amide bonds. The van der Waals surface area contributed by atoms with Crippen molar-refractivity contribution in [3.63, 3.8) is 0 Å². The van der Waals surface area contributed by atoms with E-state index in [2.05, 4.69) is 10.0 Å². The van der Waals surface area contributed by atoms with E-state index in [4.69, 9.17) is 63.9 Å². The van der Waals surface area contributed by atoms with E-state index in [0.29, 0.717) is 0 Å². The fraction of sp³-hybridized carbons (Fsp3) is 0.409. The fourth-order valence-corrected chi connectivity index (χ4v) is 3.89. The lowest BCUT2D eigenvalue weighted by Gasteiger charge is -2.48. The predicted octanol–water partition coefficient (Wildman–Crippen LogP) is 5.45. The van der Waals surface area contributed by atoms with Gasteiger partial charge in [-0.2, -0.15) is 0 Å². The smallest absolute Gasteiger partial charge is 0.265 e. The van der Waals surface area contributed by atoms with E-state index < -0.39 is 46.6 Å². The van der Waals surface area contributed by atoms with Crippen molar-refractivity contribution in [2.45, 2.75) is 47.3 Å². The average molecular weight is 528 g/mol. The number of nitrogens with zero attached hydrogens (tertiary/aromatic N) is 3. The molecule has 9 nitrogen and oxygen atoms in total. The van der Waals surface area contributed by atoms with Gasteiger partial charge in [-0.3, -0.25) is 5.41 Å². The molecule has 2 fully saturated rings. The molecule has 2 aromatic carbocycles. The predicted molar refractivity (Wildman–Crippen MR) is 126 cm³/mol. The molecular weight excluding hydrogens is 507 g/mol. The standard InChI is InChI=1S/C22H21Cl3N4O5/c23-22(24,25)21(26)34-20-16(28-29-27)18(30-11-13-7-3-1-4-8-13)17-15(32-20)12-31-19(33-17)14-9-5-2-6-10-14/h1-10,15-20,26H,11-12H2/t15-,16-,17-,18-,19?,20-/m1/s1. The van der Waals surface area contributed by atoms with E-state index in [9.17, 15) is 5.53 Å². The first-order chi connectivity index (χ1) is 16.4. The Hall–Kier alpha value is -2.07. The first-order valence-electron chi connectivity index (χ1n) is 10.4. The fourth-order valence-electron chi connectivity index (χ4n) is 3.76. The molecule has 0 saturated carbocycles. The van der Waals surface area contributed by atoms with Crippen molar-refractivity contribution in [1.82, 2.24) is 0 Å². The molecule has 0 aliphatic carbocycles. The van der Waals surface area contributed by atoms with E-state index in [0.717, 1.165) is 11.1 Å². The molecule has 0 aromatic heterocycles. The molecule has 4 rings (SSSR count). The van der Waals surface area contributed by atoms with E-state index >= 15 is 0 Å². The number of hydrogen-bond acceptors (Lipinski definition) is 7. The molecule has 6 atom stereocenters. The van der Waals surface area contributed by atoms with Crippen molar-refractivity contribution in [3.05, 3.63) is 82.2 Å². The molecule has 34 heavy (non-hydrogen) atoms. The molecule has 180 valence electrons. The number of halogens is 3. The van der Waals surface area contributed by atoms with Gasteiger partial charge in [-0.05, 0) is 11.1 Å². The summed E-state index contributed by atoms with van der Waals surface area (Å²) in [7, 11) is 0. The number of hydrogen-bond donors (Lipinski definition) is 1. The molecule has 2 heterocycles. The van der Waals surface area contributed by atoms with Gasteiger partial charge in [0.05, 0.1) is 13.2 Å². The van der Waals surface area contributed by atoms with Crippen molar-refractivity contribution in [1.29, 1.82) is 5.41 Å².